The monoisotopic (exact) mass is 462 g/mol. The molecule has 0 N–H and O–H groups in total. The van der Waals surface area contributed by atoms with E-state index in [0.717, 1.165) is 55.5 Å². The molecule has 0 saturated carbocycles. The van der Waals surface area contributed by atoms with Gasteiger partial charge in [-0.3, -0.25) is 0 Å². The highest BCUT2D eigenvalue weighted by Gasteiger charge is 2.36. The van der Waals surface area contributed by atoms with Crippen molar-refractivity contribution in [1.82, 2.24) is 0 Å². The molecule has 4 heteroatoms. The summed E-state index contributed by atoms with van der Waals surface area (Å²) in [6.45, 7) is 0. The van der Waals surface area contributed by atoms with E-state index < -0.39 is 0 Å². The molecule has 36 heavy (non-hydrogen) atoms. The Morgan fingerprint density at radius 1 is 0.722 bits per heavy atom. The van der Waals surface area contributed by atoms with Gasteiger partial charge in [0, 0.05) is 22.3 Å². The molecule has 2 aliphatic rings. The molecule has 0 bridgehead atoms. The third-order valence-corrected chi connectivity index (χ3v) is 7.07. The van der Waals surface area contributed by atoms with Crippen LogP contribution in [-0.2, 0) is 0 Å². The molecule has 0 fully saturated rings. The van der Waals surface area contributed by atoms with Crippen LogP contribution in [0.2, 0.25) is 0 Å². The van der Waals surface area contributed by atoms with Gasteiger partial charge >= 0.3 is 0 Å². The average molecular weight is 463 g/mol. The van der Waals surface area contributed by atoms with Crippen LogP contribution in [0.4, 0.5) is 0 Å². The highest BCUT2D eigenvalue weighted by Crippen LogP contribution is 2.49. The largest absolute Gasteiger partial charge is 0.481 e. The van der Waals surface area contributed by atoms with Crippen molar-refractivity contribution >= 4 is 27.5 Å². The second-order valence-corrected chi connectivity index (χ2v) is 9.15. The van der Waals surface area contributed by atoms with Crippen molar-refractivity contribution in [2.75, 3.05) is 0 Å². The number of benzene rings is 4. The number of hydrogen-bond acceptors (Lipinski definition) is 4. The van der Waals surface area contributed by atoms with Crippen LogP contribution in [0, 0.1) is 22.7 Å². The minimum Gasteiger partial charge on any atom is -0.481 e. The second-order valence-electron chi connectivity index (χ2n) is 9.15. The molecule has 168 valence electrons. The Bertz CT molecular complexity index is 1860. The van der Waals surface area contributed by atoms with Crippen LogP contribution in [0.5, 0.6) is 5.75 Å². The molecule has 5 aromatic rings. The number of rotatable bonds is 2. The van der Waals surface area contributed by atoms with Gasteiger partial charge < -0.3 is 9.15 Å². The number of fused-ring (bicyclic) bond motifs is 7. The smallest absolute Gasteiger partial charge is 0.177 e. The minimum atomic E-state index is -0.0917. The first-order valence-corrected chi connectivity index (χ1v) is 11.8. The Balaban J connectivity index is 1.32. The van der Waals surface area contributed by atoms with Crippen LogP contribution in [0.1, 0.15) is 28.2 Å². The van der Waals surface area contributed by atoms with Crippen LogP contribution in [0.25, 0.3) is 38.6 Å². The molecule has 0 amide bonds. The molecule has 2 heterocycles. The number of ether oxygens (including phenoxy) is 1. The zero-order valence-electron chi connectivity index (χ0n) is 19.1. The van der Waals surface area contributed by atoms with E-state index in [1.54, 1.807) is 0 Å². The molecular formula is C32H18N2O2. The first-order chi connectivity index (χ1) is 17.7. The van der Waals surface area contributed by atoms with Crippen molar-refractivity contribution in [3.8, 4) is 29.0 Å². The van der Waals surface area contributed by atoms with Gasteiger partial charge in [0.25, 0.3) is 0 Å². The lowest BCUT2D eigenvalue weighted by Crippen LogP contribution is -2.17. The van der Waals surface area contributed by atoms with E-state index in [1.165, 1.54) is 0 Å². The van der Waals surface area contributed by atoms with Crippen molar-refractivity contribution in [3.05, 3.63) is 119 Å². The molecule has 2 atom stereocenters. The van der Waals surface area contributed by atoms with Gasteiger partial charge in [0.2, 0.25) is 0 Å². The Kier molecular flexibility index (Phi) is 4.37. The van der Waals surface area contributed by atoms with Gasteiger partial charge in [-0.25, -0.2) is 0 Å². The summed E-state index contributed by atoms with van der Waals surface area (Å²) >= 11 is 0. The van der Waals surface area contributed by atoms with Crippen LogP contribution >= 0.6 is 0 Å². The summed E-state index contributed by atoms with van der Waals surface area (Å²) in [5.74, 6) is 0.868. The third kappa shape index (κ3) is 3.06. The SMILES string of the molecule is N#Cc1cccc(C2=CC3c4ccc5c(oc6ccc(-c7cccc(C#N)c7)cc65)c4OC3C=C2)c1. The summed E-state index contributed by atoms with van der Waals surface area (Å²) in [5, 5.41) is 20.6. The lowest BCUT2D eigenvalue weighted by atomic mass is 9.86. The fraction of sp³-hybridized carbons (Fsp3) is 0.0625. The Morgan fingerprint density at radius 3 is 2.28 bits per heavy atom. The predicted molar refractivity (Wildman–Crippen MR) is 139 cm³/mol. The molecule has 2 unspecified atom stereocenters. The number of hydrogen-bond donors (Lipinski definition) is 0. The molecule has 0 radical (unpaired) electrons. The summed E-state index contributed by atoms with van der Waals surface area (Å²) in [7, 11) is 0. The van der Waals surface area contributed by atoms with Gasteiger partial charge in [0.15, 0.2) is 11.3 Å². The van der Waals surface area contributed by atoms with Crippen molar-refractivity contribution < 1.29 is 9.15 Å². The summed E-state index contributed by atoms with van der Waals surface area (Å²) in [6, 6.07) is 30.1. The normalized spacial score (nSPS) is 17.7. The van der Waals surface area contributed by atoms with E-state index in [9.17, 15) is 10.5 Å². The highest BCUT2D eigenvalue weighted by atomic mass is 16.5. The highest BCUT2D eigenvalue weighted by molar-refractivity contribution is 6.08. The molecule has 1 aliphatic carbocycles. The Hall–Kier alpha value is -5.06. The first-order valence-electron chi connectivity index (χ1n) is 11.8. The van der Waals surface area contributed by atoms with E-state index in [0.29, 0.717) is 11.1 Å². The van der Waals surface area contributed by atoms with Crippen LogP contribution in [-0.4, -0.2) is 6.10 Å². The molecule has 4 aromatic carbocycles. The topological polar surface area (TPSA) is 70.0 Å². The Labute approximate surface area is 207 Å². The van der Waals surface area contributed by atoms with Crippen molar-refractivity contribution in [3.63, 3.8) is 0 Å². The van der Waals surface area contributed by atoms with E-state index >= 15 is 0 Å². The van der Waals surface area contributed by atoms with Crippen molar-refractivity contribution in [2.24, 2.45) is 0 Å². The van der Waals surface area contributed by atoms with Gasteiger partial charge in [0.1, 0.15) is 11.7 Å². The van der Waals surface area contributed by atoms with Crippen LogP contribution < -0.4 is 4.74 Å². The second kappa shape index (κ2) is 7.73. The van der Waals surface area contributed by atoms with E-state index in [2.05, 4.69) is 48.6 Å². The number of nitriles is 2. The summed E-state index contributed by atoms with van der Waals surface area (Å²) < 4.78 is 12.7. The maximum absolute atomic E-state index is 9.28. The minimum absolute atomic E-state index is 0.0765. The molecule has 4 nitrogen and oxygen atoms in total. The maximum Gasteiger partial charge on any atom is 0.177 e. The summed E-state index contributed by atoms with van der Waals surface area (Å²) in [4.78, 5) is 0. The summed E-state index contributed by atoms with van der Waals surface area (Å²) in [6.07, 6.45) is 6.29. The number of nitrogens with zero attached hydrogens (tertiary/aromatic N) is 2. The average Bonchev–Trinajstić information content (AvgIpc) is 3.50. The van der Waals surface area contributed by atoms with Gasteiger partial charge in [-0.2, -0.15) is 10.5 Å². The van der Waals surface area contributed by atoms with Crippen molar-refractivity contribution in [1.29, 1.82) is 10.5 Å². The zero-order valence-corrected chi connectivity index (χ0v) is 19.1. The van der Waals surface area contributed by atoms with E-state index in [1.807, 2.05) is 60.7 Å². The lowest BCUT2D eigenvalue weighted by Gasteiger charge is -2.18. The quantitative estimate of drug-likeness (QED) is 0.272. The molecule has 0 saturated heterocycles. The first kappa shape index (κ1) is 20.3. The van der Waals surface area contributed by atoms with Crippen molar-refractivity contribution in [2.45, 2.75) is 12.0 Å². The van der Waals surface area contributed by atoms with Gasteiger partial charge in [-0.15, -0.1) is 0 Å². The standard InChI is InChI=1S/C32H18N2O2/c33-17-19-3-1-5-21(13-19)23-7-11-29-27(15-23)25-9-10-26-28-16-24(22-6-2-4-20(14-22)18-34)8-12-30(28)36-32(26)31(25)35-29/h1-16,27,29H. The lowest BCUT2D eigenvalue weighted by molar-refractivity contribution is 0.269. The zero-order chi connectivity index (χ0) is 24.2. The van der Waals surface area contributed by atoms with Gasteiger partial charge in [0.05, 0.1) is 23.3 Å². The van der Waals surface area contributed by atoms with Crippen LogP contribution in [0.15, 0.2) is 102 Å². The third-order valence-electron chi connectivity index (χ3n) is 7.07. The molecule has 1 aliphatic heterocycles. The predicted octanol–water partition coefficient (Wildman–Crippen LogP) is 7.49. The van der Waals surface area contributed by atoms with E-state index in [-0.39, 0.29) is 12.0 Å². The molecule has 1 aromatic heterocycles. The van der Waals surface area contributed by atoms with Crippen LogP contribution in [0.3, 0.4) is 0 Å². The molecular weight excluding hydrogens is 444 g/mol. The fourth-order valence-corrected chi connectivity index (χ4v) is 5.30. The maximum atomic E-state index is 9.28. The Morgan fingerprint density at radius 2 is 1.47 bits per heavy atom. The van der Waals surface area contributed by atoms with Gasteiger partial charge in [-0.05, 0) is 70.8 Å². The van der Waals surface area contributed by atoms with E-state index in [4.69, 9.17) is 9.15 Å². The van der Waals surface area contributed by atoms with Gasteiger partial charge in [-0.1, -0.05) is 48.6 Å². The number of allylic oxidation sites excluding steroid dienone is 2. The number of furan rings is 1. The molecule has 7 rings (SSSR count). The fourth-order valence-electron chi connectivity index (χ4n) is 5.30. The summed E-state index contributed by atoms with van der Waals surface area (Å²) in [5.41, 5.74) is 8.09. The molecule has 0 spiro atoms.